The molecule has 0 saturated carbocycles. The third kappa shape index (κ3) is 8.73. The number of nitrogens with two attached hydrogens (primary N) is 1. The minimum Gasteiger partial charge on any atom is -0.496 e. The minimum atomic E-state index is -1.04. The number of anilines is 1. The van der Waals surface area contributed by atoms with Crippen LogP contribution in [0.25, 0.3) is 0 Å². The van der Waals surface area contributed by atoms with E-state index in [0.717, 1.165) is 12.5 Å². The van der Waals surface area contributed by atoms with Crippen molar-refractivity contribution in [3.8, 4) is 11.5 Å². The molecule has 1 unspecified atom stereocenters. The van der Waals surface area contributed by atoms with Crippen LogP contribution in [0.15, 0.2) is 78.9 Å². The van der Waals surface area contributed by atoms with Crippen LogP contribution in [0.3, 0.4) is 0 Å². The number of carboxylic acids is 2. The number of aromatic carboxylic acids is 1. The molecule has 0 bridgehead atoms. The Bertz CT molecular complexity index is 1710. The van der Waals surface area contributed by atoms with Crippen LogP contribution in [-0.2, 0) is 16.0 Å². The van der Waals surface area contributed by atoms with Crippen molar-refractivity contribution in [1.82, 2.24) is 0 Å². The highest BCUT2D eigenvalue weighted by Gasteiger charge is 2.41. The first kappa shape index (κ1) is 36.6. The number of carbonyl (C=O) groups is 3. The van der Waals surface area contributed by atoms with E-state index in [4.69, 9.17) is 41.4 Å². The maximum Gasteiger partial charge on any atom is 0.346 e. The Labute approximate surface area is 270 Å². The van der Waals surface area contributed by atoms with Crippen molar-refractivity contribution in [1.29, 1.82) is 0 Å². The summed E-state index contributed by atoms with van der Waals surface area (Å²) in [4.78, 5) is 43.0. The number of cyclic esters (lactones) is 1. The first-order chi connectivity index (χ1) is 21.4. The number of rotatable bonds is 7. The van der Waals surface area contributed by atoms with E-state index in [-0.39, 0.29) is 29.9 Å². The third-order valence-electron chi connectivity index (χ3n) is 6.42. The first-order valence-electron chi connectivity index (χ1n) is 13.1. The van der Waals surface area contributed by atoms with Gasteiger partial charge in [-0.05, 0) is 41.5 Å². The molecule has 1 atom stereocenters. The van der Waals surface area contributed by atoms with Gasteiger partial charge in [0, 0.05) is 35.7 Å². The largest absolute Gasteiger partial charge is 0.496 e. The maximum absolute atomic E-state index is 12.1. The molecule has 13 heteroatoms. The van der Waals surface area contributed by atoms with Crippen LogP contribution in [-0.4, -0.2) is 47.3 Å². The molecule has 4 aromatic carbocycles. The normalized spacial score (nSPS) is 12.4. The third-order valence-corrected chi connectivity index (χ3v) is 6.68. The number of nitro groups is 1. The van der Waals surface area contributed by atoms with E-state index in [9.17, 15) is 24.8 Å². The number of methoxy groups -OCH3 is 2. The number of nitro benzene ring substituents is 1. The molecule has 12 nitrogen and oxygen atoms in total. The van der Waals surface area contributed by atoms with E-state index in [2.05, 4.69) is 0 Å². The lowest BCUT2D eigenvalue weighted by molar-refractivity contribution is -0.385. The Balaban J connectivity index is 0.000000284. The Morgan fingerprint density at radius 3 is 2.04 bits per heavy atom. The summed E-state index contributed by atoms with van der Waals surface area (Å²) in [7, 11) is 2.95. The SMILES string of the molecule is C.CC(=O)O.COc1ccc(N)c(C(=O)O)c1Cc1ccccc1.COc1ccc([N+](=O)[O-])c2c1C(c1ccc(Cl)cc1)OC2=O. The topological polar surface area (TPSA) is 189 Å². The van der Waals surface area contributed by atoms with Gasteiger partial charge < -0.3 is 30.2 Å². The van der Waals surface area contributed by atoms with Crippen molar-refractivity contribution in [2.24, 2.45) is 0 Å². The number of carboxylic acid groups (broad SMARTS) is 2. The molecule has 0 amide bonds. The van der Waals surface area contributed by atoms with E-state index in [0.29, 0.717) is 39.6 Å². The van der Waals surface area contributed by atoms with Crippen LogP contribution in [0, 0.1) is 10.1 Å². The molecule has 46 heavy (non-hydrogen) atoms. The first-order valence-corrected chi connectivity index (χ1v) is 13.5. The molecule has 5 rings (SSSR count). The van der Waals surface area contributed by atoms with Crippen molar-refractivity contribution in [3.05, 3.63) is 127 Å². The zero-order valence-electron chi connectivity index (χ0n) is 24.4. The van der Waals surface area contributed by atoms with Crippen molar-refractivity contribution in [3.63, 3.8) is 0 Å². The van der Waals surface area contributed by atoms with E-state index in [1.807, 2.05) is 30.3 Å². The van der Waals surface area contributed by atoms with Crippen molar-refractivity contribution in [2.45, 2.75) is 26.9 Å². The van der Waals surface area contributed by atoms with E-state index < -0.39 is 28.9 Å². The number of hydrogen-bond acceptors (Lipinski definition) is 9. The lowest BCUT2D eigenvalue weighted by Crippen LogP contribution is -2.09. The van der Waals surface area contributed by atoms with Crippen LogP contribution in [0.1, 0.15) is 63.4 Å². The summed E-state index contributed by atoms with van der Waals surface area (Å²) in [6.45, 7) is 1.08. The fourth-order valence-corrected chi connectivity index (χ4v) is 4.68. The lowest BCUT2D eigenvalue weighted by atomic mass is 9.97. The number of nitrogens with zero attached hydrogens (tertiary/aromatic N) is 1. The molecule has 1 heterocycles. The van der Waals surface area contributed by atoms with Crippen molar-refractivity contribution < 1.29 is 43.7 Å². The van der Waals surface area contributed by atoms with Crippen LogP contribution < -0.4 is 15.2 Å². The number of carbonyl (C=O) groups excluding carboxylic acids is 1. The highest BCUT2D eigenvalue weighted by atomic mass is 35.5. The zero-order chi connectivity index (χ0) is 33.3. The van der Waals surface area contributed by atoms with Crippen molar-refractivity contribution >= 4 is 40.9 Å². The van der Waals surface area contributed by atoms with Gasteiger partial charge in [0.2, 0.25) is 0 Å². The van der Waals surface area contributed by atoms with Crippen LogP contribution >= 0.6 is 11.6 Å². The minimum absolute atomic E-state index is 0. The van der Waals surface area contributed by atoms with Gasteiger partial charge in [0.05, 0.1) is 30.3 Å². The molecule has 242 valence electrons. The number of halogens is 1. The summed E-state index contributed by atoms with van der Waals surface area (Å²) >= 11 is 5.85. The molecule has 0 aliphatic carbocycles. The second-order valence-corrected chi connectivity index (χ2v) is 9.80. The Morgan fingerprint density at radius 1 is 0.957 bits per heavy atom. The summed E-state index contributed by atoms with van der Waals surface area (Å²) in [6.07, 6.45) is -0.286. The summed E-state index contributed by atoms with van der Waals surface area (Å²) in [5.74, 6) is -1.70. The van der Waals surface area contributed by atoms with Crippen LogP contribution in [0.5, 0.6) is 11.5 Å². The molecule has 4 N–H and O–H groups in total. The molecule has 0 radical (unpaired) electrons. The highest BCUT2D eigenvalue weighted by Crippen LogP contribution is 2.45. The van der Waals surface area contributed by atoms with Gasteiger partial charge in [0.1, 0.15) is 17.1 Å². The average Bonchev–Trinajstić information content (AvgIpc) is 3.34. The number of fused-ring (bicyclic) bond motifs is 1. The Kier molecular flexibility index (Phi) is 13.1. The summed E-state index contributed by atoms with van der Waals surface area (Å²) in [5.41, 5.74) is 8.40. The quantitative estimate of drug-likeness (QED) is 0.0823. The van der Waals surface area contributed by atoms with Crippen molar-refractivity contribution in [2.75, 3.05) is 20.0 Å². The molecule has 0 aromatic heterocycles. The number of esters is 1. The standard InChI is InChI=1S/C15H10ClNO5.C15H15NO3.C2H4O2.CH4/c1-21-11-7-6-10(17(19)20)12-13(11)14(22-15(12)18)8-2-4-9(16)5-3-8;1-19-13-8-7-12(16)14(15(17)18)11(13)9-10-5-3-2-4-6-10;1-2(3)4;/h2-7,14H,1H3;2-8H,9,16H2,1H3,(H,17,18);1H3,(H,3,4);1H4. The van der Waals surface area contributed by atoms with Gasteiger partial charge in [-0.25, -0.2) is 9.59 Å². The molecule has 0 spiro atoms. The number of hydrogen-bond donors (Lipinski definition) is 3. The summed E-state index contributed by atoms with van der Waals surface area (Å²) in [6, 6.07) is 22.3. The Morgan fingerprint density at radius 2 is 1.52 bits per heavy atom. The Hall–Kier alpha value is -5.62. The van der Waals surface area contributed by atoms with Gasteiger partial charge in [0.25, 0.3) is 11.7 Å². The molecular formula is C33H33ClN2O10. The number of nitrogen functional groups attached to an aromatic ring is 1. The number of benzene rings is 4. The summed E-state index contributed by atoms with van der Waals surface area (Å²) in [5, 5.41) is 28.4. The number of ether oxygens (including phenoxy) is 3. The molecule has 4 aromatic rings. The summed E-state index contributed by atoms with van der Waals surface area (Å²) < 4.78 is 15.8. The van der Waals surface area contributed by atoms with Crippen LogP contribution in [0.4, 0.5) is 11.4 Å². The molecular weight excluding hydrogens is 620 g/mol. The second kappa shape index (κ2) is 16.5. The zero-order valence-corrected chi connectivity index (χ0v) is 25.1. The van der Waals surface area contributed by atoms with E-state index in [1.165, 1.54) is 26.4 Å². The molecule has 1 aliphatic rings. The van der Waals surface area contributed by atoms with Gasteiger partial charge >= 0.3 is 11.9 Å². The van der Waals surface area contributed by atoms with Crippen LogP contribution in [0.2, 0.25) is 5.02 Å². The monoisotopic (exact) mass is 652 g/mol. The molecule has 1 aliphatic heterocycles. The highest BCUT2D eigenvalue weighted by molar-refractivity contribution is 6.30. The van der Waals surface area contributed by atoms with Gasteiger partial charge in [-0.3, -0.25) is 14.9 Å². The maximum atomic E-state index is 12.1. The average molecular weight is 653 g/mol. The van der Waals surface area contributed by atoms with Gasteiger partial charge in [-0.15, -0.1) is 0 Å². The second-order valence-electron chi connectivity index (χ2n) is 9.37. The molecule has 0 saturated heterocycles. The van der Waals surface area contributed by atoms with E-state index in [1.54, 1.807) is 36.4 Å². The fraction of sp³-hybridized carbons (Fsp3) is 0.182. The number of aliphatic carboxylic acids is 1. The fourth-order valence-electron chi connectivity index (χ4n) is 4.56. The van der Waals surface area contributed by atoms with Gasteiger partial charge in [0.15, 0.2) is 6.10 Å². The predicted molar refractivity (Wildman–Crippen MR) is 172 cm³/mol. The van der Waals surface area contributed by atoms with Gasteiger partial charge in [-0.1, -0.05) is 61.5 Å². The van der Waals surface area contributed by atoms with Gasteiger partial charge in [-0.2, -0.15) is 0 Å². The molecule has 0 fully saturated rings. The lowest BCUT2D eigenvalue weighted by Gasteiger charge is -2.13. The predicted octanol–water partition coefficient (Wildman–Crippen LogP) is 6.81. The smallest absolute Gasteiger partial charge is 0.346 e. The van der Waals surface area contributed by atoms with E-state index >= 15 is 0 Å².